The molecule has 0 radical (unpaired) electrons. The highest BCUT2D eigenvalue weighted by atomic mass is 32.1. The molecule has 0 spiro atoms. The summed E-state index contributed by atoms with van der Waals surface area (Å²) in [5.74, 6) is -1.79. The number of aromatic nitrogens is 1. The minimum Gasteiger partial charge on any atom is -0.388 e. The van der Waals surface area contributed by atoms with E-state index in [1.165, 1.54) is 11.3 Å². The fourth-order valence-corrected chi connectivity index (χ4v) is 4.24. The van der Waals surface area contributed by atoms with Crippen LogP contribution < -0.4 is 11.1 Å². The Hall–Kier alpha value is -3.05. The van der Waals surface area contributed by atoms with Gasteiger partial charge in [-0.2, -0.15) is 5.26 Å². The Morgan fingerprint density at radius 2 is 1.93 bits per heavy atom. The fraction of sp³-hybridized carbons (Fsp3) is 0.190. The summed E-state index contributed by atoms with van der Waals surface area (Å²) in [7, 11) is 0. The Morgan fingerprint density at radius 1 is 1.18 bits per heavy atom. The van der Waals surface area contributed by atoms with Crippen molar-refractivity contribution >= 4 is 27.8 Å². The largest absolute Gasteiger partial charge is 0.388 e. The van der Waals surface area contributed by atoms with Crippen molar-refractivity contribution in [1.29, 1.82) is 5.26 Å². The number of rotatable bonds is 5. The highest BCUT2D eigenvalue weighted by Gasteiger charge is 2.33. The van der Waals surface area contributed by atoms with Crippen LogP contribution in [-0.4, -0.2) is 22.1 Å². The Bertz CT molecular complexity index is 1050. The number of benzene rings is 2. The van der Waals surface area contributed by atoms with Crippen molar-refractivity contribution in [3.63, 3.8) is 0 Å². The first kappa shape index (κ1) is 18.3. The molecular weight excluding hydrogens is 370 g/mol. The van der Waals surface area contributed by atoms with Crippen LogP contribution in [0.5, 0.6) is 0 Å². The van der Waals surface area contributed by atoms with Gasteiger partial charge in [-0.25, -0.2) is 4.98 Å². The van der Waals surface area contributed by atoms with Gasteiger partial charge in [0.15, 0.2) is 5.79 Å². The van der Waals surface area contributed by atoms with E-state index in [1.54, 1.807) is 12.3 Å². The smallest absolute Gasteiger partial charge is 0.184 e. The molecule has 3 atom stereocenters. The first-order chi connectivity index (χ1) is 13.6. The molecule has 1 aromatic heterocycles. The average Bonchev–Trinajstić information content (AvgIpc) is 3.12. The van der Waals surface area contributed by atoms with E-state index in [9.17, 15) is 10.4 Å². The second-order valence-electron chi connectivity index (χ2n) is 6.66. The van der Waals surface area contributed by atoms with Gasteiger partial charge in [-0.3, -0.25) is 10.7 Å². The molecule has 0 saturated heterocycles. The Kier molecular flexibility index (Phi) is 4.92. The SMILES string of the molecule is N#CC(C1=CC=NC(N)(CC(O)c2ccccc2)N1)c1nc2ccccc2s1. The molecule has 7 heteroatoms. The number of nitrogens with two attached hydrogens (primary N) is 1. The molecule has 28 heavy (non-hydrogen) atoms. The van der Waals surface area contributed by atoms with Crippen LogP contribution in [0.25, 0.3) is 10.2 Å². The number of nitrogens with one attached hydrogen (secondary N) is 1. The molecule has 4 rings (SSSR count). The monoisotopic (exact) mass is 389 g/mol. The highest BCUT2D eigenvalue weighted by molar-refractivity contribution is 7.18. The molecule has 2 heterocycles. The summed E-state index contributed by atoms with van der Waals surface area (Å²) in [5, 5.41) is 24.2. The molecule has 6 nitrogen and oxygen atoms in total. The predicted octanol–water partition coefficient (Wildman–Crippen LogP) is 3.20. The molecule has 140 valence electrons. The van der Waals surface area contributed by atoms with Crippen LogP contribution >= 0.6 is 11.3 Å². The van der Waals surface area contributed by atoms with Crippen molar-refractivity contribution in [2.75, 3.05) is 0 Å². The summed E-state index contributed by atoms with van der Waals surface area (Å²) in [6, 6.07) is 19.4. The van der Waals surface area contributed by atoms with Crippen LogP contribution in [0.15, 0.2) is 71.4 Å². The lowest BCUT2D eigenvalue weighted by atomic mass is 10.00. The van der Waals surface area contributed by atoms with Crippen molar-refractivity contribution < 1.29 is 5.11 Å². The second kappa shape index (κ2) is 7.52. The fourth-order valence-electron chi connectivity index (χ4n) is 3.21. The number of aliphatic hydroxyl groups is 1. The molecule has 2 aromatic carbocycles. The maximum Gasteiger partial charge on any atom is 0.184 e. The number of nitrogens with zero attached hydrogens (tertiary/aromatic N) is 3. The zero-order chi connectivity index (χ0) is 19.6. The number of nitriles is 1. The molecule has 0 bridgehead atoms. The third-order valence-corrected chi connectivity index (χ3v) is 5.71. The van der Waals surface area contributed by atoms with E-state index >= 15 is 0 Å². The third kappa shape index (κ3) is 3.66. The normalized spacial score (nSPS) is 20.8. The molecule has 0 amide bonds. The topological polar surface area (TPSA) is 107 Å². The van der Waals surface area contributed by atoms with Gasteiger partial charge in [0.05, 0.1) is 22.4 Å². The summed E-state index contributed by atoms with van der Waals surface area (Å²) in [6.07, 6.45) is 2.71. The molecular formula is C21H19N5OS. The molecule has 4 N–H and O–H groups in total. The first-order valence-electron chi connectivity index (χ1n) is 8.88. The summed E-state index contributed by atoms with van der Waals surface area (Å²) in [6.45, 7) is 0. The summed E-state index contributed by atoms with van der Waals surface area (Å²) in [5.41, 5.74) is 8.66. The van der Waals surface area contributed by atoms with Crippen molar-refractivity contribution in [3.8, 4) is 6.07 Å². The van der Waals surface area contributed by atoms with Crippen LogP contribution in [-0.2, 0) is 0 Å². The van der Waals surface area contributed by atoms with Crippen LogP contribution in [0.2, 0.25) is 0 Å². The molecule has 0 aliphatic carbocycles. The van der Waals surface area contributed by atoms with Gasteiger partial charge in [0.2, 0.25) is 0 Å². The van der Waals surface area contributed by atoms with Crippen molar-refractivity contribution in [2.24, 2.45) is 10.7 Å². The van der Waals surface area contributed by atoms with Gasteiger partial charge < -0.3 is 10.4 Å². The number of aliphatic hydroxyl groups excluding tert-OH is 1. The molecule has 0 saturated carbocycles. The van der Waals surface area contributed by atoms with E-state index in [2.05, 4.69) is 21.4 Å². The van der Waals surface area contributed by atoms with E-state index in [-0.39, 0.29) is 6.42 Å². The number of hydrogen-bond donors (Lipinski definition) is 3. The Morgan fingerprint density at radius 3 is 2.68 bits per heavy atom. The number of aliphatic imine (C=N–C) groups is 1. The molecule has 1 aliphatic rings. The quantitative estimate of drug-likeness (QED) is 0.621. The van der Waals surface area contributed by atoms with Gasteiger partial charge >= 0.3 is 0 Å². The third-order valence-electron chi connectivity index (χ3n) is 4.61. The lowest BCUT2D eigenvalue weighted by molar-refractivity contribution is 0.125. The summed E-state index contributed by atoms with van der Waals surface area (Å²) in [4.78, 5) is 8.90. The maximum atomic E-state index is 10.5. The lowest BCUT2D eigenvalue weighted by Crippen LogP contribution is -2.54. The lowest BCUT2D eigenvalue weighted by Gasteiger charge is -2.33. The van der Waals surface area contributed by atoms with E-state index in [0.717, 1.165) is 15.8 Å². The van der Waals surface area contributed by atoms with Crippen molar-refractivity contribution in [3.05, 3.63) is 76.9 Å². The Labute approximate surface area is 166 Å². The van der Waals surface area contributed by atoms with Gasteiger partial charge in [0.1, 0.15) is 10.9 Å². The van der Waals surface area contributed by atoms with Gasteiger partial charge in [-0.15, -0.1) is 11.3 Å². The first-order valence-corrected chi connectivity index (χ1v) is 9.70. The highest BCUT2D eigenvalue weighted by Crippen LogP contribution is 2.33. The minimum absolute atomic E-state index is 0.169. The zero-order valence-corrected chi connectivity index (χ0v) is 15.8. The zero-order valence-electron chi connectivity index (χ0n) is 15.0. The maximum absolute atomic E-state index is 10.5. The van der Waals surface area contributed by atoms with Crippen molar-refractivity contribution in [1.82, 2.24) is 10.3 Å². The van der Waals surface area contributed by atoms with Gasteiger partial charge in [0.25, 0.3) is 0 Å². The van der Waals surface area contributed by atoms with Gasteiger partial charge in [0, 0.05) is 18.3 Å². The number of allylic oxidation sites excluding steroid dienone is 2. The number of fused-ring (bicyclic) bond motifs is 1. The average molecular weight is 389 g/mol. The molecule has 1 aliphatic heterocycles. The summed E-state index contributed by atoms with van der Waals surface area (Å²) >= 11 is 1.49. The van der Waals surface area contributed by atoms with Crippen molar-refractivity contribution in [2.45, 2.75) is 24.2 Å². The van der Waals surface area contributed by atoms with Gasteiger partial charge in [-0.05, 0) is 23.8 Å². The van der Waals surface area contributed by atoms with E-state index in [4.69, 9.17) is 5.73 Å². The predicted molar refractivity (Wildman–Crippen MR) is 111 cm³/mol. The van der Waals surface area contributed by atoms with Crippen LogP contribution in [0.1, 0.15) is 29.0 Å². The second-order valence-corrected chi connectivity index (χ2v) is 7.72. The summed E-state index contributed by atoms with van der Waals surface area (Å²) < 4.78 is 1.03. The van der Waals surface area contributed by atoms with E-state index < -0.39 is 17.8 Å². The van der Waals surface area contributed by atoms with E-state index in [1.807, 2.05) is 54.6 Å². The van der Waals surface area contributed by atoms with Crippen LogP contribution in [0.4, 0.5) is 0 Å². The Balaban J connectivity index is 1.56. The van der Waals surface area contributed by atoms with E-state index in [0.29, 0.717) is 10.7 Å². The number of para-hydroxylation sites is 1. The number of thiazole rings is 1. The molecule has 3 aromatic rings. The minimum atomic E-state index is -1.20. The standard InChI is InChI=1S/C21H19N5OS/c22-13-15(20-25-17-8-4-5-9-19(17)28-20)16-10-11-24-21(23,26-16)12-18(27)14-6-2-1-3-7-14/h1-11,15,18,26-27H,12,23H2. The van der Waals surface area contributed by atoms with Crippen LogP contribution in [0, 0.1) is 11.3 Å². The number of hydrogen-bond acceptors (Lipinski definition) is 7. The van der Waals surface area contributed by atoms with Crippen LogP contribution in [0.3, 0.4) is 0 Å². The van der Waals surface area contributed by atoms with Gasteiger partial charge in [-0.1, -0.05) is 42.5 Å². The molecule has 3 unspecified atom stereocenters. The molecule has 0 fully saturated rings.